The molecule has 6 aromatic heterocycles. The zero-order valence-electron chi connectivity index (χ0n) is 68.7. The number of fused-ring (bicyclic) bond motifs is 16. The molecule has 16 aromatic carbocycles. The highest BCUT2D eigenvalue weighted by molar-refractivity contribution is 6.24. The maximum atomic E-state index is 5.37. The summed E-state index contributed by atoms with van der Waals surface area (Å²) in [7, 11) is 0. The van der Waals surface area contributed by atoms with E-state index in [9.17, 15) is 0 Å². The number of para-hydroxylation sites is 6. The van der Waals surface area contributed by atoms with Crippen molar-refractivity contribution in [2.45, 2.75) is 38.5 Å². The van der Waals surface area contributed by atoms with Crippen LogP contribution in [0.1, 0.15) is 49.9 Å². The first-order valence-electron chi connectivity index (χ1n) is 42.4. The molecular formula is C115H79N9. The summed E-state index contributed by atoms with van der Waals surface area (Å²) >= 11 is 0. The molecule has 2 aliphatic carbocycles. The molecule has 0 atom stereocenters. The number of pyridine rings is 2. The highest BCUT2D eigenvalue weighted by atomic mass is 15.0. The second-order valence-electron chi connectivity index (χ2n) is 33.5. The molecule has 0 fully saturated rings. The predicted octanol–water partition coefficient (Wildman–Crippen LogP) is 28.9. The number of aromatic nitrogens is 9. The fourth-order valence-electron chi connectivity index (χ4n) is 19.3. The van der Waals surface area contributed by atoms with Crippen LogP contribution >= 0.6 is 0 Å². The van der Waals surface area contributed by atoms with Gasteiger partial charge in [0, 0.05) is 99.0 Å². The molecule has 6 heterocycles. The quantitative estimate of drug-likeness (QED) is 0.120. The van der Waals surface area contributed by atoms with E-state index in [1.165, 1.54) is 61.0 Å². The fraction of sp³-hybridized carbons (Fsp3) is 0.0522. The van der Waals surface area contributed by atoms with Crippen LogP contribution < -0.4 is 0 Å². The van der Waals surface area contributed by atoms with Crippen molar-refractivity contribution in [2.75, 3.05) is 0 Å². The van der Waals surface area contributed by atoms with E-state index < -0.39 is 0 Å². The maximum Gasteiger partial charge on any atom is 0.164 e. The lowest BCUT2D eigenvalue weighted by Gasteiger charge is -2.22. The summed E-state index contributed by atoms with van der Waals surface area (Å²) in [6.07, 6.45) is 0. The van der Waals surface area contributed by atoms with Gasteiger partial charge >= 0.3 is 0 Å². The molecular weight excluding hydrogens is 1510 g/mol. The molecule has 0 amide bonds. The van der Waals surface area contributed by atoms with Gasteiger partial charge in [-0.05, 0) is 140 Å². The minimum Gasteiger partial charge on any atom is -0.308 e. The molecule has 0 radical (unpaired) electrons. The van der Waals surface area contributed by atoms with Crippen molar-refractivity contribution in [3.63, 3.8) is 0 Å². The molecule has 0 aliphatic heterocycles. The summed E-state index contributed by atoms with van der Waals surface area (Å²) in [5, 5.41) is 6.84. The molecule has 0 saturated carbocycles. The average Bonchev–Trinajstić information content (AvgIpc) is 1.56. The first-order valence-corrected chi connectivity index (χ1v) is 42.4. The van der Waals surface area contributed by atoms with Crippen molar-refractivity contribution >= 4 is 65.4 Å². The van der Waals surface area contributed by atoms with Crippen LogP contribution in [0.4, 0.5) is 0 Å². The van der Waals surface area contributed by atoms with Gasteiger partial charge in [-0.15, -0.1) is 0 Å². The van der Waals surface area contributed by atoms with Crippen LogP contribution in [0.15, 0.2) is 406 Å². The summed E-state index contributed by atoms with van der Waals surface area (Å²) in [4.78, 5) is 36.3. The van der Waals surface area contributed by atoms with E-state index in [0.717, 1.165) is 150 Å². The summed E-state index contributed by atoms with van der Waals surface area (Å²) in [5.74, 6) is 2.56. The zero-order valence-corrected chi connectivity index (χ0v) is 68.7. The number of rotatable bonds is 12. The van der Waals surface area contributed by atoms with Gasteiger partial charge in [-0.2, -0.15) is 0 Å². The number of benzene rings is 16. The first kappa shape index (κ1) is 73.2. The lowest BCUT2D eigenvalue weighted by molar-refractivity contribution is 0.660. The molecule has 0 N–H and O–H groups in total. The second kappa shape index (κ2) is 29.5. The molecule has 0 unspecified atom stereocenters. The minimum absolute atomic E-state index is 0.0593. The molecule has 2 aliphatic rings. The Labute approximate surface area is 718 Å². The van der Waals surface area contributed by atoms with Gasteiger partial charge < -0.3 is 9.13 Å². The van der Waals surface area contributed by atoms with Gasteiger partial charge in [-0.3, -0.25) is 0 Å². The Hall–Kier alpha value is -16.0. The van der Waals surface area contributed by atoms with E-state index in [4.69, 9.17) is 34.9 Å². The molecule has 0 bridgehead atoms. The average molecular weight is 1590 g/mol. The predicted molar refractivity (Wildman–Crippen MR) is 511 cm³/mol. The van der Waals surface area contributed by atoms with E-state index in [0.29, 0.717) is 23.3 Å². The largest absolute Gasteiger partial charge is 0.308 e. The van der Waals surface area contributed by atoms with Gasteiger partial charge in [0.25, 0.3) is 0 Å². The van der Waals surface area contributed by atoms with E-state index in [-0.39, 0.29) is 10.8 Å². The normalized spacial score (nSPS) is 12.8. The number of hydrogen-bond donors (Lipinski definition) is 0. The molecule has 584 valence electrons. The Kier molecular flexibility index (Phi) is 17.4. The Morgan fingerprint density at radius 3 is 0.984 bits per heavy atom. The van der Waals surface area contributed by atoms with Gasteiger partial charge in [-0.1, -0.05) is 361 Å². The van der Waals surface area contributed by atoms with Gasteiger partial charge in [-0.25, -0.2) is 34.9 Å². The fourth-order valence-corrected chi connectivity index (χ4v) is 19.3. The van der Waals surface area contributed by atoms with Gasteiger partial charge in [0.05, 0.1) is 55.9 Å². The maximum absolute atomic E-state index is 5.37. The van der Waals surface area contributed by atoms with Crippen molar-refractivity contribution in [3.8, 4) is 146 Å². The van der Waals surface area contributed by atoms with Crippen LogP contribution in [-0.4, -0.2) is 44.0 Å². The third kappa shape index (κ3) is 12.3. The summed E-state index contributed by atoms with van der Waals surface area (Å²) in [6.45, 7) is 9.32. The van der Waals surface area contributed by atoms with Crippen LogP contribution in [0.3, 0.4) is 0 Å². The van der Waals surface area contributed by atoms with Crippen LogP contribution in [-0.2, 0) is 10.8 Å². The highest BCUT2D eigenvalue weighted by Gasteiger charge is 2.37. The van der Waals surface area contributed by atoms with Crippen molar-refractivity contribution in [1.29, 1.82) is 0 Å². The summed E-state index contributed by atoms with van der Waals surface area (Å²) in [6, 6.07) is 144. The molecule has 0 spiro atoms. The molecule has 9 nitrogen and oxygen atoms in total. The van der Waals surface area contributed by atoms with Crippen LogP contribution in [0.2, 0.25) is 0 Å². The number of nitrogens with zero attached hydrogens (tertiary/aromatic N) is 9. The Bertz CT molecular complexity index is 7990. The van der Waals surface area contributed by atoms with Crippen LogP contribution in [0, 0.1) is 0 Å². The van der Waals surface area contributed by atoms with Crippen molar-refractivity contribution in [2.24, 2.45) is 0 Å². The van der Waals surface area contributed by atoms with Crippen molar-refractivity contribution in [1.82, 2.24) is 44.0 Å². The third-order valence-corrected chi connectivity index (χ3v) is 25.5. The van der Waals surface area contributed by atoms with Crippen LogP contribution in [0.25, 0.3) is 212 Å². The standard InChI is InChI=1S/C58H40N4.C57H39N5/c1-58(2)48-25-12-9-22-44(48)45-33-32-41(35-49(45)58)40-18-15-19-42(34-40)52-36-51(60-57(61-52)39-16-5-3-6-17-39)37-28-30-38(31-29-37)55-54-47-24-11-14-27-53(47)62(43-20-7-4-8-21-43)56(54)46-23-10-13-26-50(46)59-55;1-57(2)47-22-12-9-19-43(47)44-34-33-41(35-48(44)57)36-25-29-39(30-26-36)55-59-54(38-15-5-3-6-16-38)60-56(61-55)40-31-27-37(28-32-40)52-51-46-21-11-14-24-50(46)62(42-17-7-4-8-18-42)53(51)45-20-10-13-23-49(45)58-52/h3-36H,1-2H3;3-35H,1-2H3. The molecule has 22 aromatic rings. The lowest BCUT2D eigenvalue weighted by Crippen LogP contribution is -2.14. The molecule has 9 heteroatoms. The molecule has 24 rings (SSSR count). The van der Waals surface area contributed by atoms with Gasteiger partial charge in [0.1, 0.15) is 0 Å². The topological polar surface area (TPSA) is 100 Å². The van der Waals surface area contributed by atoms with E-state index in [2.05, 4.69) is 395 Å². The minimum atomic E-state index is -0.0708. The third-order valence-electron chi connectivity index (χ3n) is 25.5. The van der Waals surface area contributed by atoms with Crippen LogP contribution in [0.5, 0.6) is 0 Å². The summed E-state index contributed by atoms with van der Waals surface area (Å²) in [5.41, 5.74) is 35.6. The molecule has 0 saturated heterocycles. The van der Waals surface area contributed by atoms with E-state index in [1.807, 2.05) is 48.5 Å². The van der Waals surface area contributed by atoms with Gasteiger partial charge in [0.15, 0.2) is 23.3 Å². The van der Waals surface area contributed by atoms with Gasteiger partial charge in [0.2, 0.25) is 0 Å². The second-order valence-corrected chi connectivity index (χ2v) is 33.5. The summed E-state index contributed by atoms with van der Waals surface area (Å²) < 4.78 is 4.77. The Balaban J connectivity index is 0.000000143. The SMILES string of the molecule is CC1(C)c2ccccc2-c2ccc(-c3ccc(-c4nc(-c5ccccc5)nc(-c5ccc(-c6nc7ccccc7c7c6c6ccccc6n7-c6ccccc6)cc5)n4)cc3)cc21.CC1(C)c2ccccc2-c2ccc(-c3cccc(-c4cc(-c5ccc(-c6nc7ccccc7c7c6c6ccccc6n7-c6ccccc6)cc5)nc(-c5ccccc5)n4)c3)cc21. The lowest BCUT2D eigenvalue weighted by atomic mass is 9.81. The Morgan fingerprint density at radius 2 is 0.516 bits per heavy atom. The van der Waals surface area contributed by atoms with Crippen molar-refractivity contribution < 1.29 is 0 Å². The monoisotopic (exact) mass is 1590 g/mol. The van der Waals surface area contributed by atoms with E-state index >= 15 is 0 Å². The smallest absolute Gasteiger partial charge is 0.164 e. The zero-order chi connectivity index (χ0) is 82.7. The number of hydrogen-bond acceptors (Lipinski definition) is 7. The van der Waals surface area contributed by atoms with Crippen molar-refractivity contribution in [3.05, 3.63) is 429 Å². The molecule has 124 heavy (non-hydrogen) atoms. The highest BCUT2D eigenvalue weighted by Crippen LogP contribution is 2.53. The Morgan fingerprint density at radius 1 is 0.202 bits per heavy atom. The van der Waals surface area contributed by atoms with E-state index in [1.54, 1.807) is 0 Å². The first-order chi connectivity index (χ1) is 61.0.